The molecule has 0 radical (unpaired) electrons. The lowest BCUT2D eigenvalue weighted by Gasteiger charge is -2.31. The van der Waals surface area contributed by atoms with Gasteiger partial charge in [-0.2, -0.15) is 0 Å². The third-order valence-corrected chi connectivity index (χ3v) is 6.78. The van der Waals surface area contributed by atoms with E-state index in [0.717, 1.165) is 5.56 Å². The number of nitrogens with one attached hydrogen (secondary N) is 2. The fraction of sp³-hybridized carbons (Fsp3) is 0.533. The van der Waals surface area contributed by atoms with Gasteiger partial charge in [-0.1, -0.05) is 30.3 Å². The maximum atomic E-state index is 12.4. The molecule has 5 nitrogen and oxygen atoms in total. The number of fused-ring (bicyclic) bond motifs is 1. The number of carbonyl (C=O) groups excluding carboxylic acids is 1. The summed E-state index contributed by atoms with van der Waals surface area (Å²) >= 11 is 0. The molecular weight excluding hydrogens is 288 g/mol. The number of rotatable bonds is 3. The molecule has 0 unspecified atom stereocenters. The van der Waals surface area contributed by atoms with Gasteiger partial charge in [-0.25, -0.2) is 8.42 Å². The minimum Gasteiger partial charge on any atom is -0.352 e. The van der Waals surface area contributed by atoms with Crippen LogP contribution >= 0.6 is 0 Å². The van der Waals surface area contributed by atoms with Crippen LogP contribution in [0.1, 0.15) is 12.0 Å². The Hall–Kier alpha value is -1.40. The third kappa shape index (κ3) is 2.96. The molecule has 1 amide bonds. The number of amides is 1. The Morgan fingerprint density at radius 1 is 1.24 bits per heavy atom. The van der Waals surface area contributed by atoms with Crippen molar-refractivity contribution in [3.8, 4) is 0 Å². The van der Waals surface area contributed by atoms with E-state index in [-0.39, 0.29) is 23.5 Å². The first-order valence-corrected chi connectivity index (χ1v) is 9.03. The highest BCUT2D eigenvalue weighted by Gasteiger charge is 2.47. The summed E-state index contributed by atoms with van der Waals surface area (Å²) in [6, 6.07) is 9.74. The van der Waals surface area contributed by atoms with Crippen LogP contribution in [0.25, 0.3) is 0 Å². The molecule has 2 fully saturated rings. The lowest BCUT2D eigenvalue weighted by molar-refractivity contribution is -0.126. The molecule has 2 aliphatic rings. The van der Waals surface area contributed by atoms with E-state index in [4.69, 9.17) is 0 Å². The van der Waals surface area contributed by atoms with Gasteiger partial charge in [0.2, 0.25) is 5.91 Å². The van der Waals surface area contributed by atoms with Crippen molar-refractivity contribution in [2.45, 2.75) is 18.2 Å². The Morgan fingerprint density at radius 2 is 2.00 bits per heavy atom. The summed E-state index contributed by atoms with van der Waals surface area (Å²) in [7, 11) is -3.04. The van der Waals surface area contributed by atoms with Crippen molar-refractivity contribution in [2.24, 2.45) is 11.8 Å². The summed E-state index contributed by atoms with van der Waals surface area (Å²) in [5.74, 6) is -0.177. The van der Waals surface area contributed by atoms with Gasteiger partial charge in [-0.3, -0.25) is 4.79 Å². The zero-order chi connectivity index (χ0) is 14.9. The molecule has 0 spiro atoms. The van der Waals surface area contributed by atoms with Crippen LogP contribution in [-0.4, -0.2) is 38.4 Å². The molecule has 2 saturated heterocycles. The zero-order valence-corrected chi connectivity index (χ0v) is 12.6. The summed E-state index contributed by atoms with van der Waals surface area (Å²) in [6.07, 6.45) is 0.436. The number of hydrogen-bond acceptors (Lipinski definition) is 4. The quantitative estimate of drug-likeness (QED) is 0.843. The Labute approximate surface area is 125 Å². The van der Waals surface area contributed by atoms with Crippen LogP contribution in [0.15, 0.2) is 30.3 Å². The van der Waals surface area contributed by atoms with Gasteiger partial charge in [0, 0.05) is 31.5 Å². The molecule has 2 aliphatic heterocycles. The van der Waals surface area contributed by atoms with Crippen molar-refractivity contribution >= 4 is 15.7 Å². The Morgan fingerprint density at radius 3 is 2.76 bits per heavy atom. The summed E-state index contributed by atoms with van der Waals surface area (Å²) < 4.78 is 24.1. The Balaban J connectivity index is 1.65. The number of carbonyl (C=O) groups is 1. The molecule has 114 valence electrons. The predicted octanol–water partition coefficient (Wildman–Crippen LogP) is 0.325. The molecule has 3 rings (SSSR count). The normalized spacial score (nSPS) is 30.6. The van der Waals surface area contributed by atoms with Crippen LogP contribution in [0.5, 0.6) is 0 Å². The Kier molecular flexibility index (Phi) is 3.99. The fourth-order valence-corrected chi connectivity index (χ4v) is 5.44. The molecule has 6 heteroatoms. The van der Waals surface area contributed by atoms with Gasteiger partial charge >= 0.3 is 0 Å². The van der Waals surface area contributed by atoms with Crippen LogP contribution in [0.3, 0.4) is 0 Å². The van der Waals surface area contributed by atoms with E-state index in [9.17, 15) is 13.2 Å². The van der Waals surface area contributed by atoms with Crippen molar-refractivity contribution in [1.82, 2.24) is 10.6 Å². The summed E-state index contributed by atoms with van der Waals surface area (Å²) in [6.45, 7) is 1.59. The SMILES string of the molecule is O=C(NCc1ccccc1)[C@H]1CCS(=O)(=O)[C@H]2CNC[C@@H]12. The first-order chi connectivity index (χ1) is 10.1. The van der Waals surface area contributed by atoms with Crippen LogP contribution < -0.4 is 10.6 Å². The van der Waals surface area contributed by atoms with Crippen LogP contribution in [0.4, 0.5) is 0 Å². The standard InChI is InChI=1S/C15H20N2O3S/c18-15(17-8-11-4-2-1-3-5-11)12-6-7-21(19,20)14-10-16-9-13(12)14/h1-5,12-14,16H,6-10H2,(H,17,18)/t12-,13-,14-/m0/s1. The van der Waals surface area contributed by atoms with Crippen molar-refractivity contribution in [3.05, 3.63) is 35.9 Å². The average Bonchev–Trinajstić information content (AvgIpc) is 2.97. The monoisotopic (exact) mass is 308 g/mol. The van der Waals surface area contributed by atoms with Gasteiger partial charge < -0.3 is 10.6 Å². The van der Waals surface area contributed by atoms with E-state index in [1.807, 2.05) is 30.3 Å². The van der Waals surface area contributed by atoms with Crippen molar-refractivity contribution in [2.75, 3.05) is 18.8 Å². The third-order valence-electron chi connectivity index (χ3n) is 4.54. The molecular formula is C15H20N2O3S. The highest BCUT2D eigenvalue weighted by atomic mass is 32.2. The highest BCUT2D eigenvalue weighted by Crippen LogP contribution is 2.33. The molecule has 2 heterocycles. The molecule has 0 aliphatic carbocycles. The van der Waals surface area contributed by atoms with Gasteiger partial charge in [0.1, 0.15) is 0 Å². The van der Waals surface area contributed by atoms with E-state index in [2.05, 4.69) is 10.6 Å². The largest absolute Gasteiger partial charge is 0.352 e. The predicted molar refractivity (Wildman–Crippen MR) is 80.3 cm³/mol. The van der Waals surface area contributed by atoms with Crippen molar-refractivity contribution < 1.29 is 13.2 Å². The van der Waals surface area contributed by atoms with Crippen molar-refractivity contribution in [1.29, 1.82) is 0 Å². The van der Waals surface area contributed by atoms with Gasteiger partial charge in [0.05, 0.1) is 11.0 Å². The average molecular weight is 308 g/mol. The van der Waals surface area contributed by atoms with E-state index >= 15 is 0 Å². The first kappa shape index (κ1) is 14.5. The topological polar surface area (TPSA) is 75.3 Å². The van der Waals surface area contributed by atoms with Crippen molar-refractivity contribution in [3.63, 3.8) is 0 Å². The second kappa shape index (κ2) is 5.77. The highest BCUT2D eigenvalue weighted by molar-refractivity contribution is 7.92. The fourth-order valence-electron chi connectivity index (χ4n) is 3.37. The summed E-state index contributed by atoms with van der Waals surface area (Å²) in [5.41, 5.74) is 1.05. The van der Waals surface area contributed by atoms with Crippen LogP contribution in [0, 0.1) is 11.8 Å². The molecule has 0 saturated carbocycles. The molecule has 2 N–H and O–H groups in total. The van der Waals surface area contributed by atoms with E-state index < -0.39 is 15.1 Å². The maximum absolute atomic E-state index is 12.4. The zero-order valence-electron chi connectivity index (χ0n) is 11.8. The number of sulfone groups is 1. The second-order valence-electron chi connectivity index (χ2n) is 5.83. The van der Waals surface area contributed by atoms with Gasteiger partial charge in [-0.15, -0.1) is 0 Å². The molecule has 1 aromatic carbocycles. The minimum atomic E-state index is -3.04. The molecule has 0 bridgehead atoms. The number of benzene rings is 1. The minimum absolute atomic E-state index is 0.0209. The van der Waals surface area contributed by atoms with Gasteiger partial charge in [0.25, 0.3) is 0 Å². The number of hydrogen-bond donors (Lipinski definition) is 2. The maximum Gasteiger partial charge on any atom is 0.223 e. The summed E-state index contributed by atoms with van der Waals surface area (Å²) in [5, 5.41) is 5.68. The smallest absolute Gasteiger partial charge is 0.223 e. The summed E-state index contributed by atoms with van der Waals surface area (Å²) in [4.78, 5) is 12.4. The first-order valence-electron chi connectivity index (χ1n) is 7.32. The molecule has 0 aromatic heterocycles. The van der Waals surface area contributed by atoms with E-state index in [1.54, 1.807) is 0 Å². The lowest BCUT2D eigenvalue weighted by atomic mass is 9.87. The Bertz CT molecular complexity index is 615. The molecule has 1 aromatic rings. The van der Waals surface area contributed by atoms with Gasteiger partial charge in [0.15, 0.2) is 9.84 Å². The van der Waals surface area contributed by atoms with E-state index in [0.29, 0.717) is 26.1 Å². The molecule has 3 atom stereocenters. The van der Waals surface area contributed by atoms with Crippen LogP contribution in [-0.2, 0) is 21.2 Å². The van der Waals surface area contributed by atoms with E-state index in [1.165, 1.54) is 0 Å². The van der Waals surface area contributed by atoms with Gasteiger partial charge in [-0.05, 0) is 12.0 Å². The van der Waals surface area contributed by atoms with Crippen LogP contribution in [0.2, 0.25) is 0 Å². The lowest BCUT2D eigenvalue weighted by Crippen LogP contribution is -2.47. The molecule has 21 heavy (non-hydrogen) atoms. The second-order valence-corrected chi connectivity index (χ2v) is 8.17.